The number of sulfonamides is 1. The van der Waals surface area contributed by atoms with Crippen LogP contribution in [0.3, 0.4) is 0 Å². The van der Waals surface area contributed by atoms with Gasteiger partial charge in [0.2, 0.25) is 10.0 Å². The average molecular weight is 264 g/mol. The highest BCUT2D eigenvalue weighted by molar-refractivity contribution is 7.89. The molecule has 1 fully saturated rings. The number of carbonyl (C=O) groups excluding carboxylic acids is 1. The van der Waals surface area contributed by atoms with Gasteiger partial charge in [0.15, 0.2) is 0 Å². The van der Waals surface area contributed by atoms with Gasteiger partial charge in [-0.05, 0) is 32.1 Å². The normalized spacial score (nSPS) is 25.5. The molecule has 0 radical (unpaired) electrons. The molecule has 0 aromatic heterocycles. The molecule has 0 heterocycles. The van der Waals surface area contributed by atoms with E-state index < -0.39 is 16.1 Å². The molecule has 0 bridgehead atoms. The lowest BCUT2D eigenvalue weighted by atomic mass is 9.94. The van der Waals surface area contributed by atoms with Crippen LogP contribution in [0, 0.1) is 0 Å². The van der Waals surface area contributed by atoms with Gasteiger partial charge in [-0.2, -0.15) is 0 Å². The molecule has 0 unspecified atom stereocenters. The number of hydrogen-bond donors (Lipinski definition) is 2. The number of rotatable bonds is 5. The van der Waals surface area contributed by atoms with Crippen LogP contribution in [0.5, 0.6) is 0 Å². The highest BCUT2D eigenvalue weighted by Gasteiger charge is 2.25. The third-order valence-corrected chi connectivity index (χ3v) is 4.41. The fourth-order valence-electron chi connectivity index (χ4n) is 2.04. The van der Waals surface area contributed by atoms with E-state index in [0.29, 0.717) is 32.1 Å². The number of hydrogen-bond acceptors (Lipinski definition) is 4. The topological polar surface area (TPSA) is 98.5 Å². The first kappa shape index (κ1) is 14.2. The van der Waals surface area contributed by atoms with Crippen molar-refractivity contribution in [2.75, 3.05) is 5.75 Å². The Labute approximate surface area is 102 Å². The fourth-order valence-corrected chi connectivity index (χ4v) is 3.44. The molecule has 1 saturated carbocycles. The van der Waals surface area contributed by atoms with Crippen LogP contribution >= 0.6 is 0 Å². The summed E-state index contributed by atoms with van der Waals surface area (Å²) in [5, 5.41) is 0. The molecule has 17 heavy (non-hydrogen) atoms. The summed E-state index contributed by atoms with van der Waals surface area (Å²) >= 11 is 0. The molecular weight excluding hydrogens is 244 g/mol. The minimum atomic E-state index is -3.15. The maximum absolute atomic E-state index is 11.5. The third-order valence-electron chi connectivity index (χ3n) is 2.78. The molecular formula is C10H20N2O4S. The summed E-state index contributed by atoms with van der Waals surface area (Å²) in [5.41, 5.74) is 4.93. The Balaban J connectivity index is 2.35. The Morgan fingerprint density at radius 2 is 1.94 bits per heavy atom. The second-order valence-electron chi connectivity index (χ2n) is 4.35. The monoisotopic (exact) mass is 264 g/mol. The second-order valence-corrected chi connectivity index (χ2v) is 6.22. The molecule has 0 saturated heterocycles. The van der Waals surface area contributed by atoms with Gasteiger partial charge in [0.1, 0.15) is 6.10 Å². The summed E-state index contributed by atoms with van der Waals surface area (Å²) < 4.78 is 30.6. The van der Waals surface area contributed by atoms with Crippen LogP contribution in [0.2, 0.25) is 0 Å². The van der Waals surface area contributed by atoms with Crippen molar-refractivity contribution in [3.8, 4) is 0 Å². The van der Waals surface area contributed by atoms with Gasteiger partial charge in [0.05, 0.1) is 5.75 Å². The molecule has 100 valence electrons. The molecule has 1 aliphatic carbocycles. The van der Waals surface area contributed by atoms with Crippen LogP contribution in [0.1, 0.15) is 39.0 Å². The van der Waals surface area contributed by atoms with E-state index >= 15 is 0 Å². The van der Waals surface area contributed by atoms with E-state index in [2.05, 4.69) is 4.72 Å². The molecule has 1 aliphatic rings. The number of primary amides is 1. The first-order valence-corrected chi connectivity index (χ1v) is 7.54. The maximum atomic E-state index is 11.5. The minimum absolute atomic E-state index is 0.0423. The molecule has 0 aliphatic heterocycles. The highest BCUT2D eigenvalue weighted by atomic mass is 32.2. The van der Waals surface area contributed by atoms with E-state index in [9.17, 15) is 13.2 Å². The molecule has 1 rings (SSSR count). The van der Waals surface area contributed by atoms with Gasteiger partial charge >= 0.3 is 6.09 Å². The van der Waals surface area contributed by atoms with Crippen molar-refractivity contribution in [3.05, 3.63) is 0 Å². The molecule has 3 N–H and O–H groups in total. The van der Waals surface area contributed by atoms with Crippen LogP contribution in [0.15, 0.2) is 0 Å². The van der Waals surface area contributed by atoms with Crippen molar-refractivity contribution in [2.45, 2.75) is 51.2 Å². The maximum Gasteiger partial charge on any atom is 0.404 e. The lowest BCUT2D eigenvalue weighted by molar-refractivity contribution is 0.0778. The predicted molar refractivity (Wildman–Crippen MR) is 63.9 cm³/mol. The van der Waals surface area contributed by atoms with Gasteiger partial charge < -0.3 is 10.5 Å². The van der Waals surface area contributed by atoms with Gasteiger partial charge in [0, 0.05) is 6.04 Å². The van der Waals surface area contributed by atoms with Crippen LogP contribution < -0.4 is 10.5 Å². The largest absolute Gasteiger partial charge is 0.446 e. The smallest absolute Gasteiger partial charge is 0.404 e. The molecule has 6 nitrogen and oxygen atoms in total. The zero-order valence-electron chi connectivity index (χ0n) is 10.0. The van der Waals surface area contributed by atoms with Crippen LogP contribution in [-0.4, -0.2) is 32.4 Å². The summed E-state index contributed by atoms with van der Waals surface area (Å²) in [5.74, 6) is 0.157. The minimum Gasteiger partial charge on any atom is -0.446 e. The zero-order chi connectivity index (χ0) is 12.9. The van der Waals surface area contributed by atoms with E-state index in [1.807, 2.05) is 6.92 Å². The number of carbonyl (C=O) groups is 1. The van der Waals surface area contributed by atoms with Crippen molar-refractivity contribution >= 4 is 16.1 Å². The zero-order valence-corrected chi connectivity index (χ0v) is 10.8. The summed E-state index contributed by atoms with van der Waals surface area (Å²) in [4.78, 5) is 10.6. The van der Waals surface area contributed by atoms with Gasteiger partial charge in [-0.15, -0.1) is 0 Å². The third kappa shape index (κ3) is 5.36. The molecule has 1 amide bonds. The summed E-state index contributed by atoms with van der Waals surface area (Å²) in [7, 11) is -3.15. The first-order chi connectivity index (χ1) is 7.93. The van der Waals surface area contributed by atoms with Gasteiger partial charge in [-0.1, -0.05) is 6.92 Å². The second kappa shape index (κ2) is 6.20. The van der Waals surface area contributed by atoms with Crippen molar-refractivity contribution in [3.63, 3.8) is 0 Å². The van der Waals surface area contributed by atoms with Crippen LogP contribution in [0.25, 0.3) is 0 Å². The summed E-state index contributed by atoms with van der Waals surface area (Å²) in [6.07, 6.45) is 2.35. The fraction of sp³-hybridized carbons (Fsp3) is 0.900. The van der Waals surface area contributed by atoms with Gasteiger partial charge in [-0.25, -0.2) is 17.9 Å². The summed E-state index contributed by atoms with van der Waals surface area (Å²) in [6, 6.07) is -0.0423. The Bertz CT molecular complexity index is 347. The van der Waals surface area contributed by atoms with E-state index in [0.717, 1.165) is 0 Å². The van der Waals surface area contributed by atoms with Crippen molar-refractivity contribution in [2.24, 2.45) is 5.73 Å². The Morgan fingerprint density at radius 3 is 2.41 bits per heavy atom. The number of amides is 1. The molecule has 0 spiro atoms. The van der Waals surface area contributed by atoms with Crippen molar-refractivity contribution in [1.29, 1.82) is 0 Å². The van der Waals surface area contributed by atoms with Gasteiger partial charge in [-0.3, -0.25) is 0 Å². The Hall–Kier alpha value is -0.820. The van der Waals surface area contributed by atoms with Crippen LogP contribution in [-0.2, 0) is 14.8 Å². The van der Waals surface area contributed by atoms with Gasteiger partial charge in [0.25, 0.3) is 0 Å². The Kier molecular flexibility index (Phi) is 5.20. The first-order valence-electron chi connectivity index (χ1n) is 5.89. The lowest BCUT2D eigenvalue weighted by Gasteiger charge is -2.28. The molecule has 0 aromatic carbocycles. The SMILES string of the molecule is CCCS(=O)(=O)NC1CCC(OC(N)=O)CC1. The standard InChI is InChI=1S/C10H20N2O4S/c1-2-7-17(14,15)12-8-3-5-9(6-4-8)16-10(11)13/h8-9,12H,2-7H2,1H3,(H2,11,13). The van der Waals surface area contributed by atoms with Crippen molar-refractivity contribution < 1.29 is 17.9 Å². The predicted octanol–water partition coefficient (Wildman–Crippen LogP) is 0.722. The molecule has 0 atom stereocenters. The summed E-state index contributed by atoms with van der Waals surface area (Å²) in [6.45, 7) is 1.83. The molecule has 7 heteroatoms. The lowest BCUT2D eigenvalue weighted by Crippen LogP contribution is -2.40. The molecule has 0 aromatic rings. The van der Waals surface area contributed by atoms with E-state index in [1.54, 1.807) is 0 Å². The van der Waals surface area contributed by atoms with E-state index in [4.69, 9.17) is 10.5 Å². The number of ether oxygens (including phenoxy) is 1. The highest BCUT2D eigenvalue weighted by Crippen LogP contribution is 2.21. The Morgan fingerprint density at radius 1 is 1.35 bits per heavy atom. The number of nitrogens with two attached hydrogens (primary N) is 1. The van der Waals surface area contributed by atoms with Crippen LogP contribution in [0.4, 0.5) is 4.79 Å². The average Bonchev–Trinajstić information content (AvgIpc) is 2.19. The van der Waals surface area contributed by atoms with E-state index in [1.165, 1.54) is 0 Å². The van der Waals surface area contributed by atoms with E-state index in [-0.39, 0.29) is 17.9 Å². The quantitative estimate of drug-likeness (QED) is 0.764. The van der Waals surface area contributed by atoms with Crippen molar-refractivity contribution in [1.82, 2.24) is 4.72 Å². The number of nitrogens with one attached hydrogen (secondary N) is 1.